The average Bonchev–Trinajstić information content (AvgIpc) is 2.98. The maximum absolute atomic E-state index is 11.9. The first-order chi connectivity index (χ1) is 9.19. The van der Waals surface area contributed by atoms with E-state index in [-0.39, 0.29) is 5.76 Å². The maximum Gasteiger partial charge on any atom is 0.376 e. The highest BCUT2D eigenvalue weighted by molar-refractivity contribution is 5.88. The van der Waals surface area contributed by atoms with Gasteiger partial charge in [0, 0.05) is 5.92 Å². The lowest BCUT2D eigenvalue weighted by Crippen LogP contribution is -2.05. The van der Waals surface area contributed by atoms with Crippen molar-refractivity contribution in [1.82, 2.24) is 4.98 Å². The van der Waals surface area contributed by atoms with Crippen LogP contribution in [-0.4, -0.2) is 17.6 Å². The molecule has 0 N–H and O–H groups in total. The summed E-state index contributed by atoms with van der Waals surface area (Å²) in [5, 5.41) is 0. The smallest absolute Gasteiger partial charge is 0.376 e. The minimum absolute atomic E-state index is 0.234. The quantitative estimate of drug-likeness (QED) is 0.790. The van der Waals surface area contributed by atoms with Crippen LogP contribution in [0.2, 0.25) is 0 Å². The third kappa shape index (κ3) is 2.28. The van der Waals surface area contributed by atoms with Gasteiger partial charge in [-0.25, -0.2) is 9.78 Å². The monoisotopic (exact) mass is 261 g/mol. The lowest BCUT2D eigenvalue weighted by atomic mass is 10.2. The fraction of sp³-hybridized carbons (Fsp3) is 0.429. The Morgan fingerprint density at radius 1 is 1.53 bits per heavy atom. The van der Waals surface area contributed by atoms with Crippen molar-refractivity contribution in [2.75, 3.05) is 6.61 Å². The van der Waals surface area contributed by atoms with Crippen LogP contribution in [0.4, 0.5) is 0 Å². The summed E-state index contributed by atoms with van der Waals surface area (Å²) in [6.45, 7) is 3.94. The van der Waals surface area contributed by atoms with E-state index in [0.29, 0.717) is 24.1 Å². The number of hydrogen-bond acceptors (Lipinski definition) is 5. The van der Waals surface area contributed by atoms with Crippen LogP contribution in [0.25, 0.3) is 11.5 Å². The summed E-state index contributed by atoms with van der Waals surface area (Å²) in [7, 11) is 0. The van der Waals surface area contributed by atoms with Gasteiger partial charge in [0.05, 0.1) is 17.9 Å². The van der Waals surface area contributed by atoms with Crippen LogP contribution >= 0.6 is 0 Å². The van der Waals surface area contributed by atoms with Crippen molar-refractivity contribution < 1.29 is 18.4 Å². The molecule has 1 aliphatic carbocycles. The molecule has 0 aliphatic heterocycles. The van der Waals surface area contributed by atoms with E-state index in [2.05, 4.69) is 4.98 Å². The van der Waals surface area contributed by atoms with E-state index < -0.39 is 5.97 Å². The van der Waals surface area contributed by atoms with Gasteiger partial charge in [0.25, 0.3) is 0 Å². The van der Waals surface area contributed by atoms with Gasteiger partial charge >= 0.3 is 5.97 Å². The van der Waals surface area contributed by atoms with Gasteiger partial charge in [-0.15, -0.1) is 0 Å². The molecule has 0 amide bonds. The summed E-state index contributed by atoms with van der Waals surface area (Å²) in [5.74, 6) is 1.31. The van der Waals surface area contributed by atoms with Gasteiger partial charge in [-0.3, -0.25) is 0 Å². The predicted molar refractivity (Wildman–Crippen MR) is 66.9 cm³/mol. The zero-order chi connectivity index (χ0) is 13.4. The van der Waals surface area contributed by atoms with Gasteiger partial charge < -0.3 is 13.6 Å². The fourth-order valence-corrected chi connectivity index (χ4v) is 1.99. The molecule has 0 atom stereocenters. The summed E-state index contributed by atoms with van der Waals surface area (Å²) in [6, 6.07) is 1.83. The molecule has 2 heterocycles. The van der Waals surface area contributed by atoms with Crippen molar-refractivity contribution in [3.63, 3.8) is 0 Å². The lowest BCUT2D eigenvalue weighted by molar-refractivity contribution is 0.0489. The number of nitrogens with zero attached hydrogens (tertiary/aromatic N) is 1. The number of carbonyl (C=O) groups excluding carboxylic acids is 1. The second-order valence-corrected chi connectivity index (χ2v) is 4.67. The summed E-state index contributed by atoms with van der Waals surface area (Å²) < 4.78 is 15.8. The van der Waals surface area contributed by atoms with Gasteiger partial charge in [0.2, 0.25) is 11.7 Å². The topological polar surface area (TPSA) is 65.5 Å². The van der Waals surface area contributed by atoms with E-state index >= 15 is 0 Å². The Balaban J connectivity index is 1.98. The van der Waals surface area contributed by atoms with E-state index in [1.807, 2.05) is 13.0 Å². The highest BCUT2D eigenvalue weighted by Crippen LogP contribution is 2.42. The molecule has 100 valence electrons. The molecule has 0 radical (unpaired) electrons. The van der Waals surface area contributed by atoms with Crippen molar-refractivity contribution in [3.8, 4) is 11.5 Å². The second kappa shape index (κ2) is 4.57. The molecular formula is C14H15NO4. The van der Waals surface area contributed by atoms with Gasteiger partial charge in [0.15, 0.2) is 0 Å². The Kier molecular flexibility index (Phi) is 2.89. The van der Waals surface area contributed by atoms with Gasteiger partial charge in [0.1, 0.15) is 12.0 Å². The van der Waals surface area contributed by atoms with Crippen LogP contribution < -0.4 is 0 Å². The molecule has 1 aliphatic rings. The Bertz CT molecular complexity index is 607. The number of ether oxygens (including phenoxy) is 1. The normalized spacial score (nSPS) is 14.6. The maximum atomic E-state index is 11.9. The molecule has 0 spiro atoms. The molecular weight excluding hydrogens is 246 g/mol. The van der Waals surface area contributed by atoms with Crippen LogP contribution in [0.5, 0.6) is 0 Å². The Labute approximate surface area is 110 Å². The molecule has 2 aromatic heterocycles. The first-order valence-corrected chi connectivity index (χ1v) is 6.42. The van der Waals surface area contributed by atoms with Gasteiger partial charge in [-0.05, 0) is 32.8 Å². The molecule has 0 unspecified atom stereocenters. The number of esters is 1. The predicted octanol–water partition coefficient (Wildman–Crippen LogP) is 3.30. The molecule has 1 fully saturated rings. The first kappa shape index (κ1) is 12.0. The Morgan fingerprint density at radius 3 is 2.89 bits per heavy atom. The zero-order valence-electron chi connectivity index (χ0n) is 10.9. The van der Waals surface area contributed by atoms with Crippen molar-refractivity contribution in [3.05, 3.63) is 29.5 Å². The fourth-order valence-electron chi connectivity index (χ4n) is 1.99. The molecule has 19 heavy (non-hydrogen) atoms. The van der Waals surface area contributed by atoms with Crippen molar-refractivity contribution in [1.29, 1.82) is 0 Å². The van der Waals surface area contributed by atoms with E-state index in [1.54, 1.807) is 13.2 Å². The largest absolute Gasteiger partial charge is 0.469 e. The molecule has 2 aromatic rings. The lowest BCUT2D eigenvalue weighted by Gasteiger charge is -1.98. The summed E-state index contributed by atoms with van der Waals surface area (Å²) >= 11 is 0. The number of rotatable bonds is 4. The standard InChI is InChI=1S/C14H15NO4/c1-3-17-14(16)12-11(9-4-5-9)15-13(19-12)10-6-8(2)18-7-10/h6-7,9H,3-5H2,1-2H3. The third-order valence-electron chi connectivity index (χ3n) is 3.06. The molecule has 0 aromatic carbocycles. The van der Waals surface area contributed by atoms with Crippen LogP contribution in [0.3, 0.4) is 0 Å². The highest BCUT2D eigenvalue weighted by atomic mass is 16.5. The molecule has 1 saturated carbocycles. The minimum atomic E-state index is -0.441. The van der Waals surface area contributed by atoms with Gasteiger partial charge in [-0.2, -0.15) is 0 Å². The number of furan rings is 1. The molecule has 0 bridgehead atoms. The molecule has 5 nitrogen and oxygen atoms in total. The summed E-state index contributed by atoms with van der Waals surface area (Å²) in [6.07, 6.45) is 3.67. The minimum Gasteiger partial charge on any atom is -0.469 e. The van der Waals surface area contributed by atoms with Gasteiger partial charge in [-0.1, -0.05) is 0 Å². The number of hydrogen-bond donors (Lipinski definition) is 0. The van der Waals surface area contributed by atoms with Crippen molar-refractivity contribution in [2.45, 2.75) is 32.6 Å². The number of aromatic nitrogens is 1. The highest BCUT2D eigenvalue weighted by Gasteiger charge is 2.34. The first-order valence-electron chi connectivity index (χ1n) is 6.42. The van der Waals surface area contributed by atoms with Crippen molar-refractivity contribution in [2.24, 2.45) is 0 Å². The van der Waals surface area contributed by atoms with E-state index in [9.17, 15) is 4.79 Å². The Hall–Kier alpha value is -2.04. The molecule has 0 saturated heterocycles. The summed E-state index contributed by atoms with van der Waals surface area (Å²) in [4.78, 5) is 16.3. The molecule has 5 heteroatoms. The summed E-state index contributed by atoms with van der Waals surface area (Å²) in [5.41, 5.74) is 1.46. The van der Waals surface area contributed by atoms with Crippen LogP contribution in [0, 0.1) is 6.92 Å². The molecule has 3 rings (SSSR count). The SMILES string of the molecule is CCOC(=O)c1oc(-c2coc(C)c2)nc1C1CC1. The van der Waals surface area contributed by atoms with Crippen LogP contribution in [-0.2, 0) is 4.74 Å². The Morgan fingerprint density at radius 2 is 2.32 bits per heavy atom. The van der Waals surface area contributed by atoms with E-state index in [1.165, 1.54) is 0 Å². The average molecular weight is 261 g/mol. The third-order valence-corrected chi connectivity index (χ3v) is 3.06. The van der Waals surface area contributed by atoms with Crippen LogP contribution in [0.1, 0.15) is 47.7 Å². The van der Waals surface area contributed by atoms with Crippen molar-refractivity contribution >= 4 is 5.97 Å². The van der Waals surface area contributed by atoms with E-state index in [4.69, 9.17) is 13.6 Å². The van der Waals surface area contributed by atoms with E-state index in [0.717, 1.165) is 24.2 Å². The number of aryl methyl sites for hydroxylation is 1. The number of carbonyl (C=O) groups is 1. The van der Waals surface area contributed by atoms with Crippen LogP contribution in [0.15, 0.2) is 21.2 Å². The number of oxazole rings is 1. The zero-order valence-corrected chi connectivity index (χ0v) is 10.9. The second-order valence-electron chi connectivity index (χ2n) is 4.67.